The van der Waals surface area contributed by atoms with E-state index < -0.39 is 0 Å². The summed E-state index contributed by atoms with van der Waals surface area (Å²) < 4.78 is 5.43. The fourth-order valence-electron chi connectivity index (χ4n) is 2.55. The number of benzene rings is 3. The molecular weight excluding hydrogens is 260 g/mol. The molecule has 0 unspecified atom stereocenters. The van der Waals surface area contributed by atoms with Gasteiger partial charge in [0.15, 0.2) is 0 Å². The first kappa shape index (κ1) is 13.6. The van der Waals surface area contributed by atoms with Crippen molar-refractivity contribution < 1.29 is 9.53 Å². The molecule has 0 N–H and O–H groups in total. The van der Waals surface area contributed by atoms with E-state index in [1.807, 2.05) is 30.3 Å². The van der Waals surface area contributed by atoms with Crippen LogP contribution in [0, 0.1) is 0 Å². The second kappa shape index (κ2) is 5.96. The Morgan fingerprint density at radius 2 is 1.67 bits per heavy atom. The van der Waals surface area contributed by atoms with Gasteiger partial charge in [0.25, 0.3) is 0 Å². The number of rotatable bonds is 4. The van der Waals surface area contributed by atoms with Crippen molar-refractivity contribution in [3.05, 3.63) is 54.6 Å². The number of carbonyl (C=O) groups excluding carboxylic acids is 1. The smallest absolute Gasteiger partial charge is 0.311 e. The summed E-state index contributed by atoms with van der Waals surface area (Å²) >= 11 is 0. The fraction of sp³-hybridized carbons (Fsp3) is 0.211. The molecule has 0 aliphatic heterocycles. The van der Waals surface area contributed by atoms with Crippen molar-refractivity contribution in [1.29, 1.82) is 0 Å². The van der Waals surface area contributed by atoms with Crippen LogP contribution in [0.25, 0.3) is 21.5 Å². The van der Waals surface area contributed by atoms with E-state index in [2.05, 4.69) is 31.2 Å². The molecule has 0 aliphatic rings. The van der Waals surface area contributed by atoms with Crippen LogP contribution >= 0.6 is 0 Å². The number of fused-ring (bicyclic) bond motifs is 3. The normalized spacial score (nSPS) is 10.9. The fourth-order valence-corrected chi connectivity index (χ4v) is 2.55. The molecule has 2 nitrogen and oxygen atoms in total. The van der Waals surface area contributed by atoms with Crippen LogP contribution in [-0.2, 0) is 4.79 Å². The van der Waals surface area contributed by atoms with E-state index in [4.69, 9.17) is 4.74 Å². The highest BCUT2D eigenvalue weighted by molar-refractivity contribution is 6.07. The molecule has 0 atom stereocenters. The molecule has 0 radical (unpaired) electrons. The number of hydrogen-bond donors (Lipinski definition) is 0. The highest BCUT2D eigenvalue weighted by atomic mass is 16.5. The molecule has 3 rings (SSSR count). The summed E-state index contributed by atoms with van der Waals surface area (Å²) in [5, 5.41) is 4.65. The highest BCUT2D eigenvalue weighted by Crippen LogP contribution is 2.28. The summed E-state index contributed by atoms with van der Waals surface area (Å²) in [6.45, 7) is 2.06. The Hall–Kier alpha value is -2.35. The van der Waals surface area contributed by atoms with Crippen molar-refractivity contribution in [2.24, 2.45) is 0 Å². The summed E-state index contributed by atoms with van der Waals surface area (Å²) in [6, 6.07) is 18.3. The second-order valence-corrected chi connectivity index (χ2v) is 5.25. The molecule has 0 aliphatic carbocycles. The van der Waals surface area contributed by atoms with Gasteiger partial charge in [0.1, 0.15) is 5.75 Å². The van der Waals surface area contributed by atoms with Crippen molar-refractivity contribution in [3.63, 3.8) is 0 Å². The van der Waals surface area contributed by atoms with Gasteiger partial charge in [0.2, 0.25) is 0 Å². The third kappa shape index (κ3) is 2.89. The molecule has 21 heavy (non-hydrogen) atoms. The van der Waals surface area contributed by atoms with Crippen LogP contribution in [0.3, 0.4) is 0 Å². The van der Waals surface area contributed by atoms with Gasteiger partial charge in [-0.1, -0.05) is 55.8 Å². The Labute approximate surface area is 124 Å². The van der Waals surface area contributed by atoms with E-state index in [1.165, 1.54) is 10.8 Å². The Kier molecular flexibility index (Phi) is 3.87. The highest BCUT2D eigenvalue weighted by Gasteiger charge is 2.06. The van der Waals surface area contributed by atoms with Gasteiger partial charge in [-0.3, -0.25) is 4.79 Å². The zero-order valence-corrected chi connectivity index (χ0v) is 12.1. The van der Waals surface area contributed by atoms with E-state index in [0.29, 0.717) is 12.2 Å². The third-order valence-electron chi connectivity index (χ3n) is 3.68. The number of hydrogen-bond acceptors (Lipinski definition) is 2. The van der Waals surface area contributed by atoms with Crippen LogP contribution in [-0.4, -0.2) is 5.97 Å². The minimum Gasteiger partial charge on any atom is -0.427 e. The van der Waals surface area contributed by atoms with Gasteiger partial charge in [0, 0.05) is 6.42 Å². The van der Waals surface area contributed by atoms with E-state index >= 15 is 0 Å². The Morgan fingerprint density at radius 3 is 2.48 bits per heavy atom. The average Bonchev–Trinajstić information content (AvgIpc) is 2.53. The second-order valence-electron chi connectivity index (χ2n) is 5.25. The molecule has 106 valence electrons. The maximum absolute atomic E-state index is 11.7. The lowest BCUT2D eigenvalue weighted by Gasteiger charge is -2.07. The monoisotopic (exact) mass is 278 g/mol. The summed E-state index contributed by atoms with van der Waals surface area (Å²) in [4.78, 5) is 11.7. The Bertz CT molecular complexity index is 790. The van der Waals surface area contributed by atoms with Gasteiger partial charge >= 0.3 is 5.97 Å². The zero-order chi connectivity index (χ0) is 14.7. The van der Waals surface area contributed by atoms with Crippen LogP contribution in [0.2, 0.25) is 0 Å². The molecule has 0 amide bonds. The van der Waals surface area contributed by atoms with Crippen molar-refractivity contribution in [3.8, 4) is 5.75 Å². The van der Waals surface area contributed by atoms with E-state index in [-0.39, 0.29) is 5.97 Å². The summed E-state index contributed by atoms with van der Waals surface area (Å²) in [7, 11) is 0. The van der Waals surface area contributed by atoms with Crippen molar-refractivity contribution in [2.75, 3.05) is 0 Å². The van der Waals surface area contributed by atoms with Crippen LogP contribution < -0.4 is 4.74 Å². The maximum atomic E-state index is 11.7. The van der Waals surface area contributed by atoms with Crippen LogP contribution in [0.4, 0.5) is 0 Å². The molecule has 0 heterocycles. The van der Waals surface area contributed by atoms with Gasteiger partial charge in [-0.2, -0.15) is 0 Å². The number of esters is 1. The predicted octanol–water partition coefficient (Wildman–Crippen LogP) is 5.09. The molecule has 0 bridgehead atoms. The summed E-state index contributed by atoms with van der Waals surface area (Å²) in [5.41, 5.74) is 0. The van der Waals surface area contributed by atoms with Gasteiger partial charge in [-0.25, -0.2) is 0 Å². The van der Waals surface area contributed by atoms with Gasteiger partial charge in [-0.15, -0.1) is 0 Å². The van der Waals surface area contributed by atoms with Crippen LogP contribution in [0.1, 0.15) is 26.2 Å². The maximum Gasteiger partial charge on any atom is 0.311 e. The van der Waals surface area contributed by atoms with E-state index in [9.17, 15) is 4.79 Å². The van der Waals surface area contributed by atoms with Crippen molar-refractivity contribution in [2.45, 2.75) is 26.2 Å². The standard InChI is InChI=1S/C19H18O2/c1-2-3-8-19(20)21-16-12-11-15-10-9-14-6-4-5-7-17(14)18(15)13-16/h4-7,9-13H,2-3,8H2,1H3. The first-order chi connectivity index (χ1) is 10.3. The summed E-state index contributed by atoms with van der Waals surface area (Å²) in [5.74, 6) is 0.469. The van der Waals surface area contributed by atoms with E-state index in [0.717, 1.165) is 23.6 Å². The first-order valence-corrected chi connectivity index (χ1v) is 7.40. The molecule has 0 fully saturated rings. The summed E-state index contributed by atoms with van der Waals surface area (Å²) in [6.07, 6.45) is 2.34. The molecule has 3 aromatic carbocycles. The van der Waals surface area contributed by atoms with Crippen LogP contribution in [0.5, 0.6) is 5.75 Å². The zero-order valence-electron chi connectivity index (χ0n) is 12.1. The lowest BCUT2D eigenvalue weighted by atomic mass is 10.0. The topological polar surface area (TPSA) is 26.3 Å². The first-order valence-electron chi connectivity index (χ1n) is 7.40. The molecule has 0 saturated heterocycles. The molecule has 3 aromatic rings. The van der Waals surface area contributed by atoms with Gasteiger partial charge in [0.05, 0.1) is 0 Å². The Balaban J connectivity index is 1.98. The largest absolute Gasteiger partial charge is 0.427 e. The minimum absolute atomic E-state index is 0.156. The molecule has 0 aromatic heterocycles. The molecule has 0 saturated carbocycles. The minimum atomic E-state index is -0.156. The van der Waals surface area contributed by atoms with Crippen molar-refractivity contribution in [1.82, 2.24) is 0 Å². The van der Waals surface area contributed by atoms with E-state index in [1.54, 1.807) is 0 Å². The third-order valence-corrected chi connectivity index (χ3v) is 3.68. The SMILES string of the molecule is CCCCC(=O)Oc1ccc2ccc3ccccc3c2c1. The molecule has 0 spiro atoms. The van der Waals surface area contributed by atoms with Crippen molar-refractivity contribution >= 4 is 27.5 Å². The average molecular weight is 278 g/mol. The Morgan fingerprint density at radius 1 is 0.952 bits per heavy atom. The van der Waals surface area contributed by atoms with Gasteiger partial charge in [-0.05, 0) is 40.1 Å². The number of ether oxygens (including phenoxy) is 1. The predicted molar refractivity (Wildman–Crippen MR) is 86.6 cm³/mol. The van der Waals surface area contributed by atoms with Gasteiger partial charge < -0.3 is 4.74 Å². The number of carbonyl (C=O) groups is 1. The number of unbranched alkanes of at least 4 members (excludes halogenated alkanes) is 1. The molecular formula is C19H18O2. The van der Waals surface area contributed by atoms with Crippen LogP contribution in [0.15, 0.2) is 54.6 Å². The lowest BCUT2D eigenvalue weighted by Crippen LogP contribution is -2.07. The molecule has 2 heteroatoms. The quantitative estimate of drug-likeness (QED) is 0.377. The lowest BCUT2D eigenvalue weighted by molar-refractivity contribution is -0.134.